The van der Waals surface area contributed by atoms with Gasteiger partial charge in [0, 0.05) is 12.4 Å². The van der Waals surface area contributed by atoms with Crippen molar-refractivity contribution >= 4 is 6.08 Å². The summed E-state index contributed by atoms with van der Waals surface area (Å²) in [5, 5.41) is 19.6. The highest BCUT2D eigenvalue weighted by Gasteiger charge is 2.26. The monoisotopic (exact) mass is 435 g/mol. The van der Waals surface area contributed by atoms with Gasteiger partial charge < -0.3 is 30.0 Å². The van der Waals surface area contributed by atoms with Crippen LogP contribution in [0.3, 0.4) is 0 Å². The van der Waals surface area contributed by atoms with Gasteiger partial charge in [-0.15, -0.1) is 0 Å². The molecule has 4 rings (SSSR count). The van der Waals surface area contributed by atoms with Crippen LogP contribution in [0.5, 0.6) is 5.75 Å². The first-order chi connectivity index (χ1) is 15.5. The summed E-state index contributed by atoms with van der Waals surface area (Å²) < 4.78 is 13.0. The summed E-state index contributed by atoms with van der Waals surface area (Å²) in [6, 6.07) is 15.7. The number of aliphatic hydroxyl groups is 2. The minimum Gasteiger partial charge on any atom is -0.486 e. The van der Waals surface area contributed by atoms with E-state index in [0.717, 1.165) is 22.4 Å². The van der Waals surface area contributed by atoms with Crippen molar-refractivity contribution in [1.29, 1.82) is 0 Å². The quantitative estimate of drug-likeness (QED) is 0.503. The van der Waals surface area contributed by atoms with E-state index in [4.69, 9.17) is 15.2 Å². The van der Waals surface area contributed by atoms with Crippen molar-refractivity contribution in [2.45, 2.75) is 31.2 Å². The number of ether oxygens (including phenoxy) is 2. The van der Waals surface area contributed by atoms with E-state index in [2.05, 4.69) is 17.1 Å². The van der Waals surface area contributed by atoms with Crippen LogP contribution in [0.4, 0.5) is 0 Å². The molecular formula is C25H29N3O4. The number of benzene rings is 2. The van der Waals surface area contributed by atoms with Crippen molar-refractivity contribution in [3.63, 3.8) is 0 Å². The van der Waals surface area contributed by atoms with Crippen LogP contribution in [0, 0.1) is 0 Å². The average Bonchev–Trinajstić information content (AvgIpc) is 3.45. The lowest BCUT2D eigenvalue weighted by Gasteiger charge is -2.16. The molecule has 168 valence electrons. The summed E-state index contributed by atoms with van der Waals surface area (Å²) in [5.74, 6) is 1.31. The Hall–Kier alpha value is -2.97. The second-order valence-electron chi connectivity index (χ2n) is 7.98. The minimum absolute atomic E-state index is 0.0863. The van der Waals surface area contributed by atoms with Gasteiger partial charge in [0.2, 0.25) is 0 Å². The first-order valence-corrected chi connectivity index (χ1v) is 10.8. The molecule has 0 amide bonds. The standard InChI is InChI=1S/C25H29N3O4/c1-17(30)25-27-12-13-28(25)21(14-29)9-4-18-2-5-19(6-3-18)20-7-10-22(11-8-20)32-24-16-31-15-23(24)26/h2-13,17,21,23-24,29-30H,14-16,26H2,1H3/b9-4+/t17-,21-,23+,24+/m0/s1. The lowest BCUT2D eigenvalue weighted by Crippen LogP contribution is -2.37. The van der Waals surface area contributed by atoms with E-state index in [1.165, 1.54) is 0 Å². The van der Waals surface area contributed by atoms with Crippen molar-refractivity contribution in [2.24, 2.45) is 5.73 Å². The molecule has 1 fully saturated rings. The highest BCUT2D eigenvalue weighted by molar-refractivity contribution is 5.66. The van der Waals surface area contributed by atoms with Crippen LogP contribution in [0.15, 0.2) is 67.0 Å². The summed E-state index contributed by atoms with van der Waals surface area (Å²) >= 11 is 0. The number of nitrogens with two attached hydrogens (primary N) is 1. The van der Waals surface area contributed by atoms with Gasteiger partial charge in [-0.3, -0.25) is 0 Å². The number of imidazole rings is 1. The molecule has 7 nitrogen and oxygen atoms in total. The topological polar surface area (TPSA) is 103 Å². The van der Waals surface area contributed by atoms with E-state index in [1.54, 1.807) is 23.9 Å². The molecule has 0 aliphatic carbocycles. The van der Waals surface area contributed by atoms with Gasteiger partial charge in [0.05, 0.1) is 31.9 Å². The molecule has 1 aliphatic rings. The van der Waals surface area contributed by atoms with E-state index in [0.29, 0.717) is 19.0 Å². The maximum absolute atomic E-state index is 9.85. The van der Waals surface area contributed by atoms with Gasteiger partial charge in [-0.2, -0.15) is 0 Å². The minimum atomic E-state index is -0.702. The third kappa shape index (κ3) is 5.08. The van der Waals surface area contributed by atoms with E-state index in [1.807, 2.05) is 48.6 Å². The Morgan fingerprint density at radius 3 is 2.44 bits per heavy atom. The molecule has 0 bridgehead atoms. The summed E-state index contributed by atoms with van der Waals surface area (Å²) in [6.07, 6.45) is 6.45. The zero-order valence-electron chi connectivity index (χ0n) is 18.0. The first-order valence-electron chi connectivity index (χ1n) is 10.8. The Labute approximate surface area is 187 Å². The molecule has 2 heterocycles. The van der Waals surface area contributed by atoms with Crippen LogP contribution in [0.25, 0.3) is 17.2 Å². The van der Waals surface area contributed by atoms with Crippen molar-refractivity contribution in [3.05, 3.63) is 78.4 Å². The van der Waals surface area contributed by atoms with Crippen LogP contribution < -0.4 is 10.5 Å². The largest absolute Gasteiger partial charge is 0.486 e. The third-order valence-electron chi connectivity index (χ3n) is 5.58. The molecule has 0 spiro atoms. The number of rotatable bonds is 8. The van der Waals surface area contributed by atoms with Crippen LogP contribution in [-0.2, 0) is 4.74 Å². The summed E-state index contributed by atoms with van der Waals surface area (Å²) in [5.41, 5.74) is 9.18. The Bertz CT molecular complexity index is 1030. The zero-order valence-corrected chi connectivity index (χ0v) is 18.0. The maximum atomic E-state index is 9.85. The molecule has 4 N–H and O–H groups in total. The van der Waals surface area contributed by atoms with Crippen LogP contribution in [-0.4, -0.2) is 51.7 Å². The highest BCUT2D eigenvalue weighted by atomic mass is 16.5. The molecule has 32 heavy (non-hydrogen) atoms. The zero-order chi connectivity index (χ0) is 22.5. The number of aliphatic hydroxyl groups excluding tert-OH is 2. The van der Waals surface area contributed by atoms with E-state index in [9.17, 15) is 10.2 Å². The lowest BCUT2D eigenvalue weighted by molar-refractivity contribution is 0.140. The van der Waals surface area contributed by atoms with Gasteiger partial charge in [0.1, 0.15) is 23.8 Å². The Kier molecular flexibility index (Phi) is 7.02. The average molecular weight is 436 g/mol. The molecular weight excluding hydrogens is 406 g/mol. The normalized spacial score (nSPS) is 20.5. The van der Waals surface area contributed by atoms with Crippen molar-refractivity contribution in [2.75, 3.05) is 19.8 Å². The molecule has 3 aromatic rings. The number of aromatic nitrogens is 2. The van der Waals surface area contributed by atoms with Gasteiger partial charge in [0.15, 0.2) is 0 Å². The predicted molar refractivity (Wildman–Crippen MR) is 123 cm³/mol. The summed E-state index contributed by atoms with van der Waals surface area (Å²) in [6.45, 7) is 2.63. The lowest BCUT2D eigenvalue weighted by atomic mass is 10.0. The highest BCUT2D eigenvalue weighted by Crippen LogP contribution is 2.25. The smallest absolute Gasteiger partial charge is 0.139 e. The Morgan fingerprint density at radius 2 is 1.84 bits per heavy atom. The fourth-order valence-electron chi connectivity index (χ4n) is 3.75. The second kappa shape index (κ2) is 10.1. The van der Waals surface area contributed by atoms with Crippen molar-refractivity contribution in [3.8, 4) is 16.9 Å². The van der Waals surface area contributed by atoms with E-state index in [-0.39, 0.29) is 24.8 Å². The van der Waals surface area contributed by atoms with Gasteiger partial charge in [-0.05, 0) is 35.7 Å². The van der Waals surface area contributed by atoms with Gasteiger partial charge in [-0.25, -0.2) is 4.98 Å². The molecule has 4 atom stereocenters. The summed E-state index contributed by atoms with van der Waals surface area (Å²) in [4.78, 5) is 4.17. The molecule has 1 aromatic heterocycles. The number of hydrogen-bond acceptors (Lipinski definition) is 6. The molecule has 0 unspecified atom stereocenters. The molecule has 1 saturated heterocycles. The maximum Gasteiger partial charge on any atom is 0.139 e. The number of nitrogens with zero attached hydrogens (tertiary/aromatic N) is 2. The van der Waals surface area contributed by atoms with Crippen LogP contribution >= 0.6 is 0 Å². The van der Waals surface area contributed by atoms with Crippen LogP contribution in [0.1, 0.15) is 30.5 Å². The van der Waals surface area contributed by atoms with Crippen molar-refractivity contribution < 1.29 is 19.7 Å². The van der Waals surface area contributed by atoms with Gasteiger partial charge in [-0.1, -0.05) is 48.6 Å². The Balaban J connectivity index is 1.41. The van der Waals surface area contributed by atoms with Crippen molar-refractivity contribution in [1.82, 2.24) is 9.55 Å². The van der Waals surface area contributed by atoms with E-state index >= 15 is 0 Å². The molecule has 2 aromatic carbocycles. The first kappa shape index (κ1) is 22.2. The third-order valence-corrected chi connectivity index (χ3v) is 5.58. The second-order valence-corrected chi connectivity index (χ2v) is 7.98. The molecule has 0 saturated carbocycles. The summed E-state index contributed by atoms with van der Waals surface area (Å²) in [7, 11) is 0. The van der Waals surface area contributed by atoms with Gasteiger partial charge >= 0.3 is 0 Å². The molecule has 7 heteroatoms. The fourth-order valence-corrected chi connectivity index (χ4v) is 3.75. The predicted octanol–water partition coefficient (Wildman–Crippen LogP) is 2.96. The SMILES string of the molecule is C[C@H](O)c1nccn1[C@@H](/C=C/c1ccc(-c2ccc(O[C@@H]3COC[C@H]3N)cc2)cc1)CO. The molecule has 1 aliphatic heterocycles. The number of hydrogen-bond donors (Lipinski definition) is 3. The fraction of sp³-hybridized carbons (Fsp3) is 0.320. The van der Waals surface area contributed by atoms with E-state index < -0.39 is 6.10 Å². The molecule has 0 radical (unpaired) electrons. The van der Waals surface area contributed by atoms with Gasteiger partial charge in [0.25, 0.3) is 0 Å². The van der Waals surface area contributed by atoms with Crippen LogP contribution in [0.2, 0.25) is 0 Å². The Morgan fingerprint density at radius 1 is 1.16 bits per heavy atom.